The lowest BCUT2D eigenvalue weighted by Crippen LogP contribution is -1.82. The maximum absolute atomic E-state index is 2.29. The van der Waals surface area contributed by atoms with Crippen LogP contribution in [0, 0.1) is 0 Å². The molecular formula is C17H38. The summed E-state index contributed by atoms with van der Waals surface area (Å²) in [5, 5.41) is 0. The molecule has 0 aromatic carbocycles. The molecule has 0 aromatic rings. The molecule has 17 heavy (non-hydrogen) atoms. The predicted octanol–water partition coefficient (Wildman–Crippen LogP) is 7.12. The van der Waals surface area contributed by atoms with Crippen molar-refractivity contribution in [2.45, 2.75) is 111 Å². The summed E-state index contributed by atoms with van der Waals surface area (Å²) in [6.45, 7) is 4.58. The highest BCUT2D eigenvalue weighted by Crippen LogP contribution is 2.12. The summed E-state index contributed by atoms with van der Waals surface area (Å²) in [4.78, 5) is 0. The van der Waals surface area contributed by atoms with Gasteiger partial charge in [-0.25, -0.2) is 0 Å². The van der Waals surface area contributed by atoms with Crippen molar-refractivity contribution in [3.05, 3.63) is 0 Å². The second-order valence-corrected chi connectivity index (χ2v) is 5.24. The van der Waals surface area contributed by atoms with Gasteiger partial charge < -0.3 is 0 Å². The Balaban J connectivity index is 0. The van der Waals surface area contributed by atoms with E-state index < -0.39 is 0 Å². The fourth-order valence-electron chi connectivity index (χ4n) is 2.27. The Morgan fingerprint density at radius 2 is 0.529 bits per heavy atom. The summed E-state index contributed by atoms with van der Waals surface area (Å²) in [6, 6.07) is 0. The molecule has 0 spiro atoms. The smallest absolute Gasteiger partial charge is 0.0533 e. The van der Waals surface area contributed by atoms with Crippen LogP contribution in [-0.2, 0) is 0 Å². The molecule has 0 bridgehead atoms. The molecule has 0 radical (unpaired) electrons. The predicted molar refractivity (Wildman–Crippen MR) is 82.7 cm³/mol. The van der Waals surface area contributed by atoms with Crippen LogP contribution < -0.4 is 0 Å². The van der Waals surface area contributed by atoms with Gasteiger partial charge in [-0.2, -0.15) is 0 Å². The standard InChI is InChI=1S/C16H34.CH4/c1-3-5-7-9-11-13-15-16-14-12-10-8-6-4-2;/h3-16H2,1-2H3;1H4. The van der Waals surface area contributed by atoms with Gasteiger partial charge in [0, 0.05) is 0 Å². The summed E-state index contributed by atoms with van der Waals surface area (Å²) in [5.41, 5.74) is 0. The van der Waals surface area contributed by atoms with Crippen LogP contribution >= 0.6 is 0 Å². The number of hydrogen-bond donors (Lipinski definition) is 0. The van der Waals surface area contributed by atoms with Crippen molar-refractivity contribution in [3.8, 4) is 0 Å². The molecule has 0 N–H and O–H groups in total. The van der Waals surface area contributed by atoms with Crippen LogP contribution in [0.15, 0.2) is 0 Å². The van der Waals surface area contributed by atoms with Crippen molar-refractivity contribution >= 4 is 0 Å². The highest BCUT2D eigenvalue weighted by Gasteiger charge is 1.92. The van der Waals surface area contributed by atoms with Crippen LogP contribution in [0.25, 0.3) is 0 Å². The largest absolute Gasteiger partial charge is 0.0776 e. The SMILES string of the molecule is C.CCCCCCCCCCCCCCCC. The quantitative estimate of drug-likeness (QED) is 0.301. The van der Waals surface area contributed by atoms with Crippen LogP contribution in [0.4, 0.5) is 0 Å². The summed E-state index contributed by atoms with van der Waals surface area (Å²) in [7, 11) is 0. The molecule has 0 aliphatic rings. The van der Waals surface area contributed by atoms with E-state index in [0.717, 1.165) is 0 Å². The molecule has 0 nitrogen and oxygen atoms in total. The van der Waals surface area contributed by atoms with Crippen molar-refractivity contribution < 1.29 is 0 Å². The lowest BCUT2D eigenvalue weighted by atomic mass is 10.0. The van der Waals surface area contributed by atoms with E-state index >= 15 is 0 Å². The van der Waals surface area contributed by atoms with Crippen molar-refractivity contribution in [1.82, 2.24) is 0 Å². The minimum Gasteiger partial charge on any atom is -0.0776 e. The highest BCUT2D eigenvalue weighted by atomic mass is 14.0. The summed E-state index contributed by atoms with van der Waals surface area (Å²) in [6.07, 6.45) is 20.4. The molecule has 0 saturated heterocycles. The van der Waals surface area contributed by atoms with Crippen molar-refractivity contribution in [1.29, 1.82) is 0 Å². The zero-order valence-electron chi connectivity index (χ0n) is 11.9. The minimum atomic E-state index is 0. The fraction of sp³-hybridized carbons (Fsp3) is 1.00. The Bertz CT molecular complexity index is 92.6. The van der Waals surface area contributed by atoms with Gasteiger partial charge in [0.25, 0.3) is 0 Å². The molecular weight excluding hydrogens is 204 g/mol. The van der Waals surface area contributed by atoms with Gasteiger partial charge >= 0.3 is 0 Å². The first-order valence-corrected chi connectivity index (χ1v) is 7.91. The van der Waals surface area contributed by atoms with Crippen molar-refractivity contribution in [3.63, 3.8) is 0 Å². The molecule has 106 valence electrons. The Kier molecular flexibility index (Phi) is 20.9. The van der Waals surface area contributed by atoms with Crippen LogP contribution in [0.2, 0.25) is 0 Å². The van der Waals surface area contributed by atoms with Crippen LogP contribution in [0.5, 0.6) is 0 Å². The van der Waals surface area contributed by atoms with E-state index in [0.29, 0.717) is 0 Å². The van der Waals surface area contributed by atoms with E-state index in [9.17, 15) is 0 Å². The molecule has 0 rings (SSSR count). The first-order valence-electron chi connectivity index (χ1n) is 7.91. The zero-order chi connectivity index (χ0) is 11.9. The molecule has 0 unspecified atom stereocenters. The van der Waals surface area contributed by atoms with Gasteiger partial charge in [0.05, 0.1) is 0 Å². The summed E-state index contributed by atoms with van der Waals surface area (Å²) >= 11 is 0. The number of rotatable bonds is 13. The fourth-order valence-corrected chi connectivity index (χ4v) is 2.27. The normalized spacial score (nSPS) is 10.2. The molecule has 0 heterocycles. The molecule has 0 heteroatoms. The second kappa shape index (κ2) is 18.4. The van der Waals surface area contributed by atoms with Crippen LogP contribution in [-0.4, -0.2) is 0 Å². The Morgan fingerprint density at radius 3 is 0.706 bits per heavy atom. The van der Waals surface area contributed by atoms with E-state index in [-0.39, 0.29) is 7.43 Å². The van der Waals surface area contributed by atoms with Gasteiger partial charge in [0.1, 0.15) is 0 Å². The third-order valence-corrected chi connectivity index (χ3v) is 3.46. The highest BCUT2D eigenvalue weighted by molar-refractivity contribution is 4.48. The monoisotopic (exact) mass is 242 g/mol. The maximum atomic E-state index is 2.29. The van der Waals surface area contributed by atoms with E-state index in [1.54, 1.807) is 0 Å². The molecule has 0 aromatic heterocycles. The summed E-state index contributed by atoms with van der Waals surface area (Å²) in [5.74, 6) is 0. The first-order chi connectivity index (χ1) is 7.91. The Morgan fingerprint density at radius 1 is 0.353 bits per heavy atom. The van der Waals surface area contributed by atoms with Gasteiger partial charge in [-0.15, -0.1) is 0 Å². The molecule has 0 amide bonds. The second-order valence-electron chi connectivity index (χ2n) is 5.24. The number of hydrogen-bond acceptors (Lipinski definition) is 0. The molecule has 0 saturated carbocycles. The van der Waals surface area contributed by atoms with E-state index in [1.165, 1.54) is 89.9 Å². The summed E-state index contributed by atoms with van der Waals surface area (Å²) < 4.78 is 0. The molecule has 0 aliphatic heterocycles. The Labute approximate surface area is 112 Å². The lowest BCUT2D eigenvalue weighted by molar-refractivity contribution is 0.538. The van der Waals surface area contributed by atoms with Gasteiger partial charge in [0.15, 0.2) is 0 Å². The molecule has 0 aliphatic carbocycles. The van der Waals surface area contributed by atoms with Gasteiger partial charge in [-0.3, -0.25) is 0 Å². The van der Waals surface area contributed by atoms with Crippen molar-refractivity contribution in [2.24, 2.45) is 0 Å². The maximum Gasteiger partial charge on any atom is -0.0533 e. The lowest BCUT2D eigenvalue weighted by Gasteiger charge is -2.02. The third kappa shape index (κ3) is 18.6. The third-order valence-electron chi connectivity index (χ3n) is 3.46. The zero-order valence-corrected chi connectivity index (χ0v) is 11.9. The van der Waals surface area contributed by atoms with Crippen molar-refractivity contribution in [2.75, 3.05) is 0 Å². The topological polar surface area (TPSA) is 0 Å². The van der Waals surface area contributed by atoms with E-state index in [2.05, 4.69) is 13.8 Å². The minimum absolute atomic E-state index is 0. The average Bonchev–Trinajstić information content (AvgIpc) is 2.31. The van der Waals surface area contributed by atoms with E-state index in [4.69, 9.17) is 0 Å². The van der Waals surface area contributed by atoms with Crippen LogP contribution in [0.1, 0.15) is 111 Å². The van der Waals surface area contributed by atoms with Gasteiger partial charge in [0.2, 0.25) is 0 Å². The van der Waals surface area contributed by atoms with Crippen LogP contribution in [0.3, 0.4) is 0 Å². The molecule has 0 fully saturated rings. The Hall–Kier alpha value is 0. The average molecular weight is 242 g/mol. The van der Waals surface area contributed by atoms with E-state index in [1.807, 2.05) is 0 Å². The van der Waals surface area contributed by atoms with Gasteiger partial charge in [-0.05, 0) is 0 Å². The first kappa shape index (κ1) is 19.3. The number of unbranched alkanes of at least 4 members (excludes halogenated alkanes) is 13. The molecule has 0 atom stereocenters. The van der Waals surface area contributed by atoms with Gasteiger partial charge in [-0.1, -0.05) is 111 Å².